The van der Waals surface area contributed by atoms with Crippen LogP contribution in [0.1, 0.15) is 0 Å². The van der Waals surface area contributed by atoms with Gasteiger partial charge in [-0.1, -0.05) is 0 Å². The van der Waals surface area contributed by atoms with E-state index in [9.17, 15) is 0 Å². The number of hydrogen-bond acceptors (Lipinski definition) is 6. The predicted octanol–water partition coefficient (Wildman–Crippen LogP) is 1.80. The molecule has 120 valence electrons. The molecular formula is C15H25NO5. The average Bonchev–Trinajstić information content (AvgIpc) is 2.53. The van der Waals surface area contributed by atoms with Crippen molar-refractivity contribution in [2.75, 3.05) is 66.2 Å². The van der Waals surface area contributed by atoms with E-state index in [0.29, 0.717) is 51.1 Å². The zero-order chi connectivity index (χ0) is 15.3. The van der Waals surface area contributed by atoms with E-state index >= 15 is 0 Å². The molecule has 1 aromatic carbocycles. The summed E-state index contributed by atoms with van der Waals surface area (Å²) in [7, 11) is 4.89. The summed E-state index contributed by atoms with van der Waals surface area (Å²) < 4.78 is 26.1. The maximum absolute atomic E-state index is 5.45. The van der Waals surface area contributed by atoms with Gasteiger partial charge in [-0.15, -0.1) is 0 Å². The molecule has 1 N–H and O–H groups in total. The molecule has 0 amide bonds. The van der Waals surface area contributed by atoms with Gasteiger partial charge in [0, 0.05) is 25.4 Å². The molecule has 1 rings (SSSR count). The van der Waals surface area contributed by atoms with Gasteiger partial charge >= 0.3 is 0 Å². The standard InChI is InChI=1S/C15H25NO5/c1-17-8-9-21-11-10-20-7-6-16-13-4-5-14(18-2)15(12-13)19-3/h4-5,12,16H,6-11H2,1-3H3. The third-order valence-corrected chi connectivity index (χ3v) is 2.76. The number of hydrogen-bond donors (Lipinski definition) is 1. The Morgan fingerprint density at radius 1 is 0.810 bits per heavy atom. The van der Waals surface area contributed by atoms with Crippen molar-refractivity contribution in [2.45, 2.75) is 0 Å². The van der Waals surface area contributed by atoms with Gasteiger partial charge in [0.05, 0.1) is 47.3 Å². The van der Waals surface area contributed by atoms with Crippen molar-refractivity contribution in [1.82, 2.24) is 0 Å². The van der Waals surface area contributed by atoms with Gasteiger partial charge in [-0.25, -0.2) is 0 Å². The van der Waals surface area contributed by atoms with Gasteiger partial charge in [-0.3, -0.25) is 0 Å². The maximum Gasteiger partial charge on any atom is 0.162 e. The molecular weight excluding hydrogens is 274 g/mol. The number of ether oxygens (including phenoxy) is 5. The van der Waals surface area contributed by atoms with Crippen LogP contribution in [-0.2, 0) is 14.2 Å². The van der Waals surface area contributed by atoms with Gasteiger partial charge in [-0.2, -0.15) is 0 Å². The number of nitrogens with one attached hydrogen (secondary N) is 1. The molecule has 0 aliphatic rings. The molecule has 0 saturated carbocycles. The van der Waals surface area contributed by atoms with Crippen LogP contribution in [0.5, 0.6) is 11.5 Å². The van der Waals surface area contributed by atoms with Gasteiger partial charge in [0.1, 0.15) is 0 Å². The Labute approximate surface area is 126 Å². The van der Waals surface area contributed by atoms with Crippen molar-refractivity contribution in [3.63, 3.8) is 0 Å². The van der Waals surface area contributed by atoms with Crippen LogP contribution in [-0.4, -0.2) is 60.9 Å². The second kappa shape index (κ2) is 11.2. The van der Waals surface area contributed by atoms with Crippen LogP contribution >= 0.6 is 0 Å². The molecule has 6 heteroatoms. The fourth-order valence-corrected chi connectivity index (χ4v) is 1.68. The highest BCUT2D eigenvalue weighted by Crippen LogP contribution is 2.29. The number of rotatable bonds is 12. The largest absolute Gasteiger partial charge is 0.493 e. The molecule has 0 atom stereocenters. The molecule has 0 radical (unpaired) electrons. The molecule has 6 nitrogen and oxygen atoms in total. The van der Waals surface area contributed by atoms with Crippen LogP contribution in [0, 0.1) is 0 Å². The first kappa shape index (κ1) is 17.6. The molecule has 0 bridgehead atoms. The lowest BCUT2D eigenvalue weighted by atomic mass is 10.2. The zero-order valence-electron chi connectivity index (χ0n) is 13.0. The van der Waals surface area contributed by atoms with Gasteiger partial charge in [0.25, 0.3) is 0 Å². The third kappa shape index (κ3) is 7.17. The predicted molar refractivity (Wildman–Crippen MR) is 81.5 cm³/mol. The number of anilines is 1. The Bertz CT molecular complexity index is 386. The van der Waals surface area contributed by atoms with Gasteiger partial charge in [0.2, 0.25) is 0 Å². The van der Waals surface area contributed by atoms with Crippen LogP contribution in [0.2, 0.25) is 0 Å². The first-order valence-corrected chi connectivity index (χ1v) is 6.92. The average molecular weight is 299 g/mol. The lowest BCUT2D eigenvalue weighted by molar-refractivity contribution is 0.0272. The number of benzene rings is 1. The molecule has 21 heavy (non-hydrogen) atoms. The smallest absolute Gasteiger partial charge is 0.162 e. The van der Waals surface area contributed by atoms with E-state index in [1.807, 2.05) is 18.2 Å². The topological polar surface area (TPSA) is 58.2 Å². The molecule has 1 aromatic rings. The summed E-state index contributed by atoms with van der Waals surface area (Å²) in [5.74, 6) is 1.42. The van der Waals surface area contributed by atoms with E-state index in [-0.39, 0.29) is 0 Å². The molecule has 0 aliphatic carbocycles. The summed E-state index contributed by atoms with van der Waals surface area (Å²) in [6, 6.07) is 5.70. The summed E-state index contributed by atoms with van der Waals surface area (Å²) in [5, 5.41) is 3.26. The zero-order valence-corrected chi connectivity index (χ0v) is 13.0. The van der Waals surface area contributed by atoms with Crippen molar-refractivity contribution in [2.24, 2.45) is 0 Å². The van der Waals surface area contributed by atoms with E-state index in [2.05, 4.69) is 5.32 Å². The lowest BCUT2D eigenvalue weighted by Gasteiger charge is -2.11. The van der Waals surface area contributed by atoms with Crippen LogP contribution in [0.3, 0.4) is 0 Å². The Morgan fingerprint density at radius 2 is 1.48 bits per heavy atom. The van der Waals surface area contributed by atoms with E-state index < -0.39 is 0 Å². The van der Waals surface area contributed by atoms with Gasteiger partial charge in [0.15, 0.2) is 11.5 Å². The van der Waals surface area contributed by atoms with E-state index in [4.69, 9.17) is 23.7 Å². The van der Waals surface area contributed by atoms with E-state index in [0.717, 1.165) is 5.69 Å². The van der Waals surface area contributed by atoms with Crippen LogP contribution in [0.25, 0.3) is 0 Å². The van der Waals surface area contributed by atoms with Crippen molar-refractivity contribution < 1.29 is 23.7 Å². The molecule has 0 saturated heterocycles. The number of methoxy groups -OCH3 is 3. The SMILES string of the molecule is COCCOCCOCCNc1ccc(OC)c(OC)c1. The Balaban J connectivity index is 2.12. The molecule has 0 spiro atoms. The maximum atomic E-state index is 5.45. The summed E-state index contributed by atoms with van der Waals surface area (Å²) in [5.41, 5.74) is 0.965. The second-order valence-corrected chi connectivity index (χ2v) is 4.21. The van der Waals surface area contributed by atoms with Crippen molar-refractivity contribution >= 4 is 5.69 Å². The van der Waals surface area contributed by atoms with E-state index in [1.165, 1.54) is 0 Å². The normalized spacial score (nSPS) is 10.4. The molecule has 0 unspecified atom stereocenters. The fourth-order valence-electron chi connectivity index (χ4n) is 1.68. The fraction of sp³-hybridized carbons (Fsp3) is 0.600. The van der Waals surface area contributed by atoms with Crippen LogP contribution in [0.15, 0.2) is 18.2 Å². The molecule has 0 aliphatic heterocycles. The van der Waals surface area contributed by atoms with Crippen LogP contribution in [0.4, 0.5) is 5.69 Å². The second-order valence-electron chi connectivity index (χ2n) is 4.21. The summed E-state index contributed by atoms with van der Waals surface area (Å²) in [4.78, 5) is 0. The Hall–Kier alpha value is -1.50. The first-order chi connectivity index (χ1) is 10.3. The molecule has 0 aromatic heterocycles. The minimum Gasteiger partial charge on any atom is -0.493 e. The summed E-state index contributed by atoms with van der Waals surface area (Å²) in [6.45, 7) is 3.71. The van der Waals surface area contributed by atoms with E-state index in [1.54, 1.807) is 21.3 Å². The molecule has 0 heterocycles. The lowest BCUT2D eigenvalue weighted by Crippen LogP contribution is -2.13. The third-order valence-electron chi connectivity index (χ3n) is 2.76. The van der Waals surface area contributed by atoms with Crippen molar-refractivity contribution in [1.29, 1.82) is 0 Å². The minimum atomic E-state index is 0.581. The summed E-state index contributed by atoms with van der Waals surface area (Å²) in [6.07, 6.45) is 0. The first-order valence-electron chi connectivity index (χ1n) is 6.92. The van der Waals surface area contributed by atoms with Crippen molar-refractivity contribution in [3.8, 4) is 11.5 Å². The van der Waals surface area contributed by atoms with Gasteiger partial charge in [-0.05, 0) is 12.1 Å². The van der Waals surface area contributed by atoms with Gasteiger partial charge < -0.3 is 29.0 Å². The Morgan fingerprint density at radius 3 is 2.14 bits per heavy atom. The quantitative estimate of drug-likeness (QED) is 0.594. The monoisotopic (exact) mass is 299 g/mol. The van der Waals surface area contributed by atoms with Crippen LogP contribution < -0.4 is 14.8 Å². The van der Waals surface area contributed by atoms with Crippen molar-refractivity contribution in [3.05, 3.63) is 18.2 Å². The minimum absolute atomic E-state index is 0.581. The Kier molecular flexibility index (Phi) is 9.35. The highest BCUT2D eigenvalue weighted by molar-refractivity contribution is 5.54. The highest BCUT2D eigenvalue weighted by atomic mass is 16.5. The summed E-state index contributed by atoms with van der Waals surface area (Å²) >= 11 is 0. The highest BCUT2D eigenvalue weighted by Gasteiger charge is 2.03. The molecule has 0 fully saturated rings.